The van der Waals surface area contributed by atoms with Crippen LogP contribution in [0, 0.1) is 0 Å². The highest BCUT2D eigenvalue weighted by Gasteiger charge is 2.11. The van der Waals surface area contributed by atoms with Crippen molar-refractivity contribution in [2.75, 3.05) is 7.11 Å². The van der Waals surface area contributed by atoms with Crippen molar-refractivity contribution in [2.45, 2.75) is 6.54 Å². The minimum atomic E-state index is -0.0207. The van der Waals surface area contributed by atoms with E-state index in [9.17, 15) is 4.79 Å². The normalized spacial score (nSPS) is 11.0. The Morgan fingerprint density at radius 3 is 2.50 bits per heavy atom. The first-order valence-electron chi connectivity index (χ1n) is 7.77. The molecular formula is C20H16N2O2. The number of para-hydroxylation sites is 1. The largest absolute Gasteiger partial charge is 0.497 e. The van der Waals surface area contributed by atoms with Gasteiger partial charge in [0.15, 0.2) is 0 Å². The van der Waals surface area contributed by atoms with Crippen molar-refractivity contribution in [3.05, 3.63) is 82.8 Å². The average Bonchev–Trinajstić information content (AvgIpc) is 2.65. The molecule has 2 heterocycles. The van der Waals surface area contributed by atoms with Gasteiger partial charge in [-0.25, -0.2) is 0 Å². The molecule has 118 valence electrons. The molecule has 0 amide bonds. The Kier molecular flexibility index (Phi) is 3.50. The van der Waals surface area contributed by atoms with E-state index in [1.165, 1.54) is 0 Å². The zero-order chi connectivity index (χ0) is 16.5. The molecule has 4 aromatic rings. The number of pyridine rings is 2. The molecule has 0 aliphatic carbocycles. The number of rotatable bonds is 3. The predicted octanol–water partition coefficient (Wildman–Crippen LogP) is 3.61. The molecule has 2 aromatic heterocycles. The molecule has 0 atom stereocenters. The Balaban J connectivity index is 1.95. The first-order valence-corrected chi connectivity index (χ1v) is 7.77. The number of benzene rings is 2. The zero-order valence-electron chi connectivity index (χ0n) is 13.3. The molecule has 0 radical (unpaired) electrons. The standard InChI is InChI=1S/C20H16N2O2/c1-24-15-10-8-14(9-11-15)13-22-18-7-3-2-5-16(18)19-17(20(22)23)6-4-12-21-19/h2-12H,13H2,1H3. The van der Waals surface area contributed by atoms with E-state index in [1.807, 2.05) is 54.6 Å². The molecule has 0 spiro atoms. The van der Waals surface area contributed by atoms with Gasteiger partial charge < -0.3 is 9.30 Å². The zero-order valence-corrected chi connectivity index (χ0v) is 13.3. The van der Waals surface area contributed by atoms with Gasteiger partial charge in [0.1, 0.15) is 5.75 Å². The maximum absolute atomic E-state index is 13.0. The molecular weight excluding hydrogens is 300 g/mol. The van der Waals surface area contributed by atoms with Crippen LogP contribution in [0.4, 0.5) is 0 Å². The fourth-order valence-corrected chi connectivity index (χ4v) is 3.03. The minimum absolute atomic E-state index is 0.0207. The quantitative estimate of drug-likeness (QED) is 0.542. The molecule has 0 fully saturated rings. The molecule has 0 saturated carbocycles. The van der Waals surface area contributed by atoms with Crippen LogP contribution in [0.3, 0.4) is 0 Å². The summed E-state index contributed by atoms with van der Waals surface area (Å²) in [5.41, 5.74) is 2.67. The summed E-state index contributed by atoms with van der Waals surface area (Å²) in [6, 6.07) is 19.3. The van der Waals surface area contributed by atoms with Gasteiger partial charge in [-0.2, -0.15) is 0 Å². The summed E-state index contributed by atoms with van der Waals surface area (Å²) in [6.07, 6.45) is 1.72. The molecule has 0 aliphatic rings. The third-order valence-electron chi connectivity index (χ3n) is 4.23. The maximum Gasteiger partial charge on any atom is 0.260 e. The smallest absolute Gasteiger partial charge is 0.260 e. The molecule has 0 bridgehead atoms. The monoisotopic (exact) mass is 316 g/mol. The van der Waals surface area contributed by atoms with Gasteiger partial charge >= 0.3 is 0 Å². The number of hydrogen-bond acceptors (Lipinski definition) is 3. The van der Waals surface area contributed by atoms with E-state index in [2.05, 4.69) is 4.98 Å². The summed E-state index contributed by atoms with van der Waals surface area (Å²) in [4.78, 5) is 17.4. The summed E-state index contributed by atoms with van der Waals surface area (Å²) in [7, 11) is 1.64. The van der Waals surface area contributed by atoms with Crippen LogP contribution >= 0.6 is 0 Å². The van der Waals surface area contributed by atoms with Gasteiger partial charge in [-0.05, 0) is 35.9 Å². The predicted molar refractivity (Wildman–Crippen MR) is 95.6 cm³/mol. The van der Waals surface area contributed by atoms with Crippen LogP contribution in [0.5, 0.6) is 5.75 Å². The van der Waals surface area contributed by atoms with E-state index in [0.717, 1.165) is 27.7 Å². The highest BCUT2D eigenvalue weighted by molar-refractivity contribution is 6.02. The van der Waals surface area contributed by atoms with Crippen molar-refractivity contribution >= 4 is 21.8 Å². The van der Waals surface area contributed by atoms with E-state index >= 15 is 0 Å². The number of hydrogen-bond donors (Lipinski definition) is 0. The second-order valence-corrected chi connectivity index (χ2v) is 5.66. The van der Waals surface area contributed by atoms with E-state index in [4.69, 9.17) is 4.74 Å². The molecule has 4 heteroatoms. The van der Waals surface area contributed by atoms with E-state index in [0.29, 0.717) is 11.9 Å². The highest BCUT2D eigenvalue weighted by Crippen LogP contribution is 2.21. The van der Waals surface area contributed by atoms with Crippen LogP contribution in [0.25, 0.3) is 21.8 Å². The second-order valence-electron chi connectivity index (χ2n) is 5.66. The van der Waals surface area contributed by atoms with Crippen molar-refractivity contribution in [1.29, 1.82) is 0 Å². The highest BCUT2D eigenvalue weighted by atomic mass is 16.5. The summed E-state index contributed by atoms with van der Waals surface area (Å²) in [5, 5.41) is 1.63. The van der Waals surface area contributed by atoms with Gasteiger partial charge in [-0.3, -0.25) is 9.78 Å². The Bertz CT molecular complexity index is 1080. The molecule has 2 aromatic carbocycles. The third kappa shape index (κ3) is 2.33. The molecule has 0 saturated heterocycles. The number of aromatic nitrogens is 2. The van der Waals surface area contributed by atoms with E-state index in [-0.39, 0.29) is 5.56 Å². The Labute approximate surface area is 139 Å². The van der Waals surface area contributed by atoms with Gasteiger partial charge in [-0.1, -0.05) is 30.3 Å². The van der Waals surface area contributed by atoms with Crippen molar-refractivity contribution in [3.63, 3.8) is 0 Å². The second kappa shape index (κ2) is 5.81. The lowest BCUT2D eigenvalue weighted by atomic mass is 10.1. The summed E-state index contributed by atoms with van der Waals surface area (Å²) in [5.74, 6) is 0.804. The molecule has 0 N–H and O–H groups in total. The topological polar surface area (TPSA) is 44.1 Å². The van der Waals surface area contributed by atoms with Crippen LogP contribution < -0.4 is 10.3 Å². The summed E-state index contributed by atoms with van der Waals surface area (Å²) < 4.78 is 7.00. The first-order chi connectivity index (χ1) is 11.8. The average molecular weight is 316 g/mol. The lowest BCUT2D eigenvalue weighted by Crippen LogP contribution is -2.21. The van der Waals surface area contributed by atoms with Crippen LogP contribution in [-0.4, -0.2) is 16.7 Å². The first kappa shape index (κ1) is 14.5. The maximum atomic E-state index is 13.0. The summed E-state index contributed by atoms with van der Waals surface area (Å²) in [6.45, 7) is 0.508. The van der Waals surface area contributed by atoms with Crippen LogP contribution in [0.15, 0.2) is 71.7 Å². The van der Waals surface area contributed by atoms with Crippen molar-refractivity contribution < 1.29 is 4.74 Å². The minimum Gasteiger partial charge on any atom is -0.497 e. The molecule has 4 nitrogen and oxygen atoms in total. The van der Waals surface area contributed by atoms with Crippen molar-refractivity contribution in [1.82, 2.24) is 9.55 Å². The van der Waals surface area contributed by atoms with Crippen LogP contribution in [-0.2, 0) is 6.54 Å². The molecule has 0 aliphatic heterocycles. The van der Waals surface area contributed by atoms with E-state index in [1.54, 1.807) is 23.9 Å². The fourth-order valence-electron chi connectivity index (χ4n) is 3.03. The van der Waals surface area contributed by atoms with Gasteiger partial charge in [0.25, 0.3) is 5.56 Å². The SMILES string of the molecule is COc1ccc(Cn2c(=O)c3cccnc3c3ccccc32)cc1. The Hall–Kier alpha value is -3.14. The lowest BCUT2D eigenvalue weighted by molar-refractivity contribution is 0.414. The molecule has 24 heavy (non-hydrogen) atoms. The van der Waals surface area contributed by atoms with Crippen LogP contribution in [0.1, 0.15) is 5.56 Å². The number of fused-ring (bicyclic) bond motifs is 3. The van der Waals surface area contributed by atoms with Gasteiger partial charge in [0.2, 0.25) is 0 Å². The molecule has 0 unspecified atom stereocenters. The number of nitrogens with zero attached hydrogens (tertiary/aromatic N) is 2. The molecule has 4 rings (SSSR count). The van der Waals surface area contributed by atoms with Gasteiger partial charge in [0.05, 0.1) is 30.1 Å². The number of methoxy groups -OCH3 is 1. The number of ether oxygens (including phenoxy) is 1. The lowest BCUT2D eigenvalue weighted by Gasteiger charge is -2.13. The van der Waals surface area contributed by atoms with Crippen LogP contribution in [0.2, 0.25) is 0 Å². The van der Waals surface area contributed by atoms with Gasteiger partial charge in [0, 0.05) is 11.6 Å². The van der Waals surface area contributed by atoms with E-state index < -0.39 is 0 Å². The van der Waals surface area contributed by atoms with Gasteiger partial charge in [-0.15, -0.1) is 0 Å². The van der Waals surface area contributed by atoms with Crippen molar-refractivity contribution in [2.24, 2.45) is 0 Å². The fraction of sp³-hybridized carbons (Fsp3) is 0.100. The summed E-state index contributed by atoms with van der Waals surface area (Å²) >= 11 is 0. The Morgan fingerprint density at radius 1 is 0.958 bits per heavy atom. The third-order valence-corrected chi connectivity index (χ3v) is 4.23. The van der Waals surface area contributed by atoms with Crippen molar-refractivity contribution in [3.8, 4) is 5.75 Å². The Morgan fingerprint density at radius 2 is 1.71 bits per heavy atom.